The quantitative estimate of drug-likeness (QED) is 0.728. The fraction of sp³-hybridized carbons (Fsp3) is 0.538. The standard InChI is InChI=1S/C13H17F3O2/c1-3-10-5-6-11(13(14,15)16)12(9-10)18-8-4-7-17-2/h5-6,9H,3-4,7-8H2,1-2H3. The van der Waals surface area contributed by atoms with E-state index in [1.54, 1.807) is 7.11 Å². The van der Waals surface area contributed by atoms with Gasteiger partial charge in [-0.1, -0.05) is 13.0 Å². The van der Waals surface area contributed by atoms with Crippen LogP contribution in [0.1, 0.15) is 24.5 Å². The Morgan fingerprint density at radius 3 is 2.44 bits per heavy atom. The van der Waals surface area contributed by atoms with Gasteiger partial charge in [-0.2, -0.15) is 13.2 Å². The number of benzene rings is 1. The van der Waals surface area contributed by atoms with Crippen molar-refractivity contribution in [1.82, 2.24) is 0 Å². The highest BCUT2D eigenvalue weighted by Crippen LogP contribution is 2.36. The van der Waals surface area contributed by atoms with E-state index in [9.17, 15) is 13.2 Å². The van der Waals surface area contributed by atoms with Crippen molar-refractivity contribution in [3.63, 3.8) is 0 Å². The average molecular weight is 262 g/mol. The second-order valence-electron chi connectivity index (χ2n) is 3.88. The fourth-order valence-corrected chi connectivity index (χ4v) is 1.53. The summed E-state index contributed by atoms with van der Waals surface area (Å²) < 4.78 is 48.3. The average Bonchev–Trinajstić information content (AvgIpc) is 2.33. The maximum absolute atomic E-state index is 12.8. The van der Waals surface area contributed by atoms with Crippen molar-refractivity contribution >= 4 is 0 Å². The summed E-state index contributed by atoms with van der Waals surface area (Å²) in [7, 11) is 1.54. The van der Waals surface area contributed by atoms with E-state index >= 15 is 0 Å². The molecule has 0 unspecified atom stereocenters. The number of alkyl halides is 3. The van der Waals surface area contributed by atoms with Crippen LogP contribution in [-0.2, 0) is 17.3 Å². The minimum atomic E-state index is -4.39. The minimum Gasteiger partial charge on any atom is -0.493 e. The van der Waals surface area contributed by atoms with Gasteiger partial charge >= 0.3 is 6.18 Å². The predicted molar refractivity (Wildman–Crippen MR) is 62.8 cm³/mol. The lowest BCUT2D eigenvalue weighted by Gasteiger charge is -2.15. The van der Waals surface area contributed by atoms with Crippen molar-refractivity contribution in [3.05, 3.63) is 29.3 Å². The smallest absolute Gasteiger partial charge is 0.419 e. The van der Waals surface area contributed by atoms with Gasteiger partial charge < -0.3 is 9.47 Å². The van der Waals surface area contributed by atoms with Gasteiger partial charge in [0.2, 0.25) is 0 Å². The lowest BCUT2D eigenvalue weighted by molar-refractivity contribution is -0.139. The summed E-state index contributed by atoms with van der Waals surface area (Å²) in [6.45, 7) is 2.57. The summed E-state index contributed by atoms with van der Waals surface area (Å²) in [5, 5.41) is 0. The molecule has 1 aromatic rings. The molecule has 0 amide bonds. The molecule has 0 saturated carbocycles. The Balaban J connectivity index is 2.83. The molecule has 0 spiro atoms. The molecule has 0 fully saturated rings. The summed E-state index contributed by atoms with van der Waals surface area (Å²) in [5.41, 5.74) is 0.0989. The second-order valence-corrected chi connectivity index (χ2v) is 3.88. The number of methoxy groups -OCH3 is 1. The van der Waals surface area contributed by atoms with Crippen molar-refractivity contribution in [2.75, 3.05) is 20.3 Å². The third-order valence-electron chi connectivity index (χ3n) is 2.51. The molecule has 0 bridgehead atoms. The first-order valence-electron chi connectivity index (χ1n) is 5.81. The van der Waals surface area contributed by atoms with Crippen LogP contribution in [0.4, 0.5) is 13.2 Å². The first-order chi connectivity index (χ1) is 8.49. The third kappa shape index (κ3) is 4.22. The van der Waals surface area contributed by atoms with E-state index < -0.39 is 11.7 Å². The lowest BCUT2D eigenvalue weighted by atomic mass is 10.1. The molecule has 0 aromatic heterocycles. The monoisotopic (exact) mass is 262 g/mol. The Morgan fingerprint density at radius 1 is 1.17 bits per heavy atom. The zero-order valence-electron chi connectivity index (χ0n) is 10.5. The van der Waals surface area contributed by atoms with Gasteiger partial charge in [0.05, 0.1) is 12.2 Å². The van der Waals surface area contributed by atoms with Gasteiger partial charge in [-0.3, -0.25) is 0 Å². The molecule has 18 heavy (non-hydrogen) atoms. The normalized spacial score (nSPS) is 11.6. The van der Waals surface area contributed by atoms with E-state index in [4.69, 9.17) is 9.47 Å². The van der Waals surface area contributed by atoms with Crippen molar-refractivity contribution in [2.24, 2.45) is 0 Å². The molecule has 2 nitrogen and oxygen atoms in total. The van der Waals surface area contributed by atoms with Gasteiger partial charge in [-0.05, 0) is 24.1 Å². The topological polar surface area (TPSA) is 18.5 Å². The first-order valence-corrected chi connectivity index (χ1v) is 5.81. The zero-order chi connectivity index (χ0) is 13.6. The number of hydrogen-bond acceptors (Lipinski definition) is 2. The number of ether oxygens (including phenoxy) is 2. The Morgan fingerprint density at radius 2 is 1.89 bits per heavy atom. The Hall–Kier alpha value is -1.23. The summed E-state index contributed by atoms with van der Waals surface area (Å²) in [4.78, 5) is 0. The molecule has 102 valence electrons. The van der Waals surface area contributed by atoms with Gasteiger partial charge in [-0.15, -0.1) is 0 Å². The van der Waals surface area contributed by atoms with Gasteiger partial charge in [0.1, 0.15) is 5.75 Å². The third-order valence-corrected chi connectivity index (χ3v) is 2.51. The van der Waals surface area contributed by atoms with Crippen molar-refractivity contribution in [1.29, 1.82) is 0 Å². The summed E-state index contributed by atoms with van der Waals surface area (Å²) in [5.74, 6) is -0.0991. The van der Waals surface area contributed by atoms with Crippen LogP contribution >= 0.6 is 0 Å². The number of aryl methyl sites for hydroxylation is 1. The summed E-state index contributed by atoms with van der Waals surface area (Å²) >= 11 is 0. The number of halogens is 3. The van der Waals surface area contributed by atoms with Gasteiger partial charge in [0.25, 0.3) is 0 Å². The highest BCUT2D eigenvalue weighted by Gasteiger charge is 2.34. The van der Waals surface area contributed by atoms with E-state index in [1.807, 2.05) is 6.92 Å². The van der Waals surface area contributed by atoms with Gasteiger partial charge in [0, 0.05) is 20.1 Å². The van der Waals surface area contributed by atoms with Crippen LogP contribution < -0.4 is 4.74 Å². The van der Waals surface area contributed by atoms with E-state index in [-0.39, 0.29) is 12.4 Å². The molecule has 5 heteroatoms. The zero-order valence-corrected chi connectivity index (χ0v) is 10.5. The molecule has 0 atom stereocenters. The Labute approximate surface area is 105 Å². The number of rotatable bonds is 6. The van der Waals surface area contributed by atoms with Crippen LogP contribution in [0.5, 0.6) is 5.75 Å². The van der Waals surface area contributed by atoms with Crippen LogP contribution in [0.2, 0.25) is 0 Å². The van der Waals surface area contributed by atoms with Gasteiger partial charge in [0.15, 0.2) is 0 Å². The molecule has 0 saturated heterocycles. The second kappa shape index (κ2) is 6.64. The molecule has 0 N–H and O–H groups in total. The van der Waals surface area contributed by atoms with E-state index in [2.05, 4.69) is 0 Å². The highest BCUT2D eigenvalue weighted by atomic mass is 19.4. The van der Waals surface area contributed by atoms with Crippen molar-refractivity contribution in [2.45, 2.75) is 25.9 Å². The SMILES string of the molecule is CCc1ccc(C(F)(F)F)c(OCCCOC)c1. The number of hydrogen-bond donors (Lipinski definition) is 0. The molecule has 0 aliphatic rings. The van der Waals surface area contributed by atoms with E-state index in [1.165, 1.54) is 12.1 Å². The molecule has 1 rings (SSSR count). The summed E-state index contributed by atoms with van der Waals surface area (Å²) in [6.07, 6.45) is -3.15. The molecular weight excluding hydrogens is 245 g/mol. The van der Waals surface area contributed by atoms with E-state index in [0.29, 0.717) is 19.4 Å². The molecule has 0 aliphatic carbocycles. The molecule has 1 aromatic carbocycles. The molecular formula is C13H17F3O2. The molecule has 0 aliphatic heterocycles. The fourth-order valence-electron chi connectivity index (χ4n) is 1.53. The van der Waals surface area contributed by atoms with E-state index in [0.717, 1.165) is 11.6 Å². The maximum atomic E-state index is 12.8. The molecule has 0 heterocycles. The Bertz CT molecular complexity index is 375. The van der Waals surface area contributed by atoms with Crippen LogP contribution in [0.25, 0.3) is 0 Å². The highest BCUT2D eigenvalue weighted by molar-refractivity contribution is 5.39. The minimum absolute atomic E-state index is 0.0991. The largest absolute Gasteiger partial charge is 0.493 e. The summed E-state index contributed by atoms with van der Waals surface area (Å²) in [6, 6.07) is 4.00. The van der Waals surface area contributed by atoms with Crippen molar-refractivity contribution < 1.29 is 22.6 Å². The van der Waals surface area contributed by atoms with Crippen LogP contribution in [0.3, 0.4) is 0 Å². The first kappa shape index (κ1) is 14.8. The Kier molecular flexibility index (Phi) is 5.47. The van der Waals surface area contributed by atoms with Crippen LogP contribution in [-0.4, -0.2) is 20.3 Å². The van der Waals surface area contributed by atoms with Crippen LogP contribution in [0.15, 0.2) is 18.2 Å². The predicted octanol–water partition coefficient (Wildman–Crippen LogP) is 3.68. The lowest BCUT2D eigenvalue weighted by Crippen LogP contribution is -2.10. The van der Waals surface area contributed by atoms with Crippen molar-refractivity contribution in [3.8, 4) is 5.75 Å². The van der Waals surface area contributed by atoms with Gasteiger partial charge in [-0.25, -0.2) is 0 Å². The van der Waals surface area contributed by atoms with Crippen LogP contribution in [0, 0.1) is 0 Å². The molecule has 0 radical (unpaired) electrons. The maximum Gasteiger partial charge on any atom is 0.419 e.